The molecule has 0 unspecified atom stereocenters. The molecule has 1 aromatic rings. The van der Waals surface area contributed by atoms with Crippen LogP contribution < -0.4 is 4.74 Å². The summed E-state index contributed by atoms with van der Waals surface area (Å²) in [6, 6.07) is 5.05. The highest BCUT2D eigenvalue weighted by atomic mass is 79.9. The Morgan fingerprint density at radius 2 is 2.08 bits per heavy atom. The number of ether oxygens (including phenoxy) is 1. The lowest BCUT2D eigenvalue weighted by atomic mass is 10.2. The molecule has 0 bridgehead atoms. The lowest BCUT2D eigenvalue weighted by Gasteiger charge is -2.07. The van der Waals surface area contributed by atoms with Crippen LogP contribution in [-0.2, 0) is 5.33 Å². The number of benzene rings is 1. The molecule has 0 fully saturated rings. The predicted molar refractivity (Wildman–Crippen MR) is 53.4 cm³/mol. The molecule has 72 valence electrons. The lowest BCUT2D eigenvalue weighted by Crippen LogP contribution is -2.02. The van der Waals surface area contributed by atoms with E-state index in [2.05, 4.69) is 36.6 Å². The molecular weight excluding hydrogens is 310 g/mol. The van der Waals surface area contributed by atoms with E-state index in [9.17, 15) is 8.78 Å². The molecule has 0 heterocycles. The molecule has 1 nitrogen and oxygen atoms in total. The summed E-state index contributed by atoms with van der Waals surface area (Å²) in [6.07, 6.45) is 0. The summed E-state index contributed by atoms with van der Waals surface area (Å²) in [5, 5.41) is 0.611. The van der Waals surface area contributed by atoms with Gasteiger partial charge in [-0.25, -0.2) is 0 Å². The van der Waals surface area contributed by atoms with Gasteiger partial charge in [0.25, 0.3) is 0 Å². The van der Waals surface area contributed by atoms with Crippen LogP contribution >= 0.6 is 31.9 Å². The second kappa shape index (κ2) is 4.91. The van der Waals surface area contributed by atoms with Crippen molar-refractivity contribution in [2.45, 2.75) is 11.9 Å². The average Bonchev–Trinajstić information content (AvgIpc) is 2.08. The Hall–Kier alpha value is -0.160. The first-order valence-electron chi connectivity index (χ1n) is 3.42. The van der Waals surface area contributed by atoms with Crippen LogP contribution in [0, 0.1) is 0 Å². The van der Waals surface area contributed by atoms with Crippen LogP contribution in [0.15, 0.2) is 22.7 Å². The van der Waals surface area contributed by atoms with E-state index in [1.54, 1.807) is 12.1 Å². The smallest absolute Gasteiger partial charge is 0.387 e. The van der Waals surface area contributed by atoms with Gasteiger partial charge >= 0.3 is 6.61 Å². The van der Waals surface area contributed by atoms with Crippen LogP contribution in [0.25, 0.3) is 0 Å². The van der Waals surface area contributed by atoms with Gasteiger partial charge in [-0.05, 0) is 33.6 Å². The largest absolute Gasteiger partial charge is 0.434 e. The first kappa shape index (κ1) is 10.9. The fraction of sp³-hybridized carbons (Fsp3) is 0.250. The second-order valence-corrected chi connectivity index (χ2v) is 3.69. The zero-order valence-electron chi connectivity index (χ0n) is 6.44. The quantitative estimate of drug-likeness (QED) is 0.768. The van der Waals surface area contributed by atoms with Crippen molar-refractivity contribution in [2.24, 2.45) is 0 Å². The van der Waals surface area contributed by atoms with E-state index >= 15 is 0 Å². The highest BCUT2D eigenvalue weighted by Crippen LogP contribution is 2.28. The van der Waals surface area contributed by atoms with Gasteiger partial charge < -0.3 is 4.74 Å². The SMILES string of the molecule is FC(F)Oc1cc(CBr)ccc1Br. The van der Waals surface area contributed by atoms with Crippen LogP contribution in [-0.4, -0.2) is 6.61 Å². The Bertz CT molecular complexity index is 291. The van der Waals surface area contributed by atoms with E-state index in [4.69, 9.17) is 0 Å². The number of hydrogen-bond donors (Lipinski definition) is 0. The van der Waals surface area contributed by atoms with Gasteiger partial charge in [0.15, 0.2) is 0 Å². The van der Waals surface area contributed by atoms with Gasteiger partial charge in [-0.15, -0.1) is 0 Å². The summed E-state index contributed by atoms with van der Waals surface area (Å²) in [5.74, 6) is 0.159. The topological polar surface area (TPSA) is 9.23 Å². The van der Waals surface area contributed by atoms with Crippen molar-refractivity contribution >= 4 is 31.9 Å². The Balaban J connectivity index is 2.90. The van der Waals surface area contributed by atoms with Crippen molar-refractivity contribution in [3.05, 3.63) is 28.2 Å². The first-order chi connectivity index (χ1) is 6.13. The highest BCUT2D eigenvalue weighted by molar-refractivity contribution is 9.10. The third-order valence-electron chi connectivity index (χ3n) is 1.37. The molecule has 0 aliphatic rings. The van der Waals surface area contributed by atoms with Gasteiger partial charge in [-0.3, -0.25) is 0 Å². The number of halogens is 4. The maximum absolute atomic E-state index is 11.9. The Labute approximate surface area is 91.3 Å². The molecule has 0 amide bonds. The molecule has 0 radical (unpaired) electrons. The molecule has 0 saturated heterocycles. The minimum atomic E-state index is -2.79. The van der Waals surface area contributed by atoms with Gasteiger partial charge in [0.1, 0.15) is 5.75 Å². The van der Waals surface area contributed by atoms with Gasteiger partial charge in [0, 0.05) is 5.33 Å². The van der Waals surface area contributed by atoms with E-state index in [-0.39, 0.29) is 5.75 Å². The summed E-state index contributed by atoms with van der Waals surface area (Å²) in [7, 11) is 0. The fourth-order valence-corrected chi connectivity index (χ4v) is 1.51. The van der Waals surface area contributed by atoms with Crippen LogP contribution in [0.1, 0.15) is 5.56 Å². The van der Waals surface area contributed by atoms with Crippen molar-refractivity contribution in [1.29, 1.82) is 0 Å². The Morgan fingerprint density at radius 1 is 1.38 bits per heavy atom. The normalized spacial score (nSPS) is 10.5. The summed E-state index contributed by atoms with van der Waals surface area (Å²) < 4.78 is 28.6. The maximum atomic E-state index is 11.9. The minimum Gasteiger partial charge on any atom is -0.434 e. The summed E-state index contributed by atoms with van der Waals surface area (Å²) in [6.45, 7) is -2.79. The lowest BCUT2D eigenvalue weighted by molar-refractivity contribution is -0.0503. The van der Waals surface area contributed by atoms with E-state index in [0.717, 1.165) is 5.56 Å². The second-order valence-electron chi connectivity index (χ2n) is 2.28. The van der Waals surface area contributed by atoms with E-state index < -0.39 is 6.61 Å². The third kappa shape index (κ3) is 3.23. The number of rotatable bonds is 3. The fourth-order valence-electron chi connectivity index (χ4n) is 0.817. The maximum Gasteiger partial charge on any atom is 0.387 e. The summed E-state index contributed by atoms with van der Waals surface area (Å²) >= 11 is 6.34. The molecule has 0 atom stereocenters. The van der Waals surface area contributed by atoms with Gasteiger partial charge in [-0.2, -0.15) is 8.78 Å². The van der Waals surface area contributed by atoms with Gasteiger partial charge in [0.05, 0.1) is 4.47 Å². The van der Waals surface area contributed by atoms with Crippen molar-refractivity contribution < 1.29 is 13.5 Å². The van der Waals surface area contributed by atoms with Crippen LogP contribution in [0.5, 0.6) is 5.75 Å². The molecule has 0 aromatic heterocycles. The predicted octanol–water partition coefficient (Wildman–Crippen LogP) is 3.95. The third-order valence-corrected chi connectivity index (χ3v) is 2.67. The zero-order valence-corrected chi connectivity index (χ0v) is 9.61. The van der Waals surface area contributed by atoms with Crippen LogP contribution in [0.4, 0.5) is 8.78 Å². The molecule has 5 heteroatoms. The molecule has 0 aliphatic carbocycles. The molecular formula is C8H6Br2F2O. The highest BCUT2D eigenvalue weighted by Gasteiger charge is 2.08. The average molecular weight is 316 g/mol. The number of alkyl halides is 3. The zero-order chi connectivity index (χ0) is 9.84. The van der Waals surface area contributed by atoms with Crippen LogP contribution in [0.3, 0.4) is 0 Å². The molecule has 13 heavy (non-hydrogen) atoms. The standard InChI is InChI=1S/C8H6Br2F2O/c9-4-5-1-2-6(10)7(3-5)13-8(11)12/h1-3,8H,4H2. The molecule has 0 saturated carbocycles. The van der Waals surface area contributed by atoms with Crippen molar-refractivity contribution in [3.63, 3.8) is 0 Å². The van der Waals surface area contributed by atoms with E-state index in [0.29, 0.717) is 9.80 Å². The van der Waals surface area contributed by atoms with Crippen molar-refractivity contribution in [2.75, 3.05) is 0 Å². The Kier molecular flexibility index (Phi) is 4.12. The molecule has 0 aliphatic heterocycles. The first-order valence-corrected chi connectivity index (χ1v) is 5.34. The van der Waals surface area contributed by atoms with Crippen LogP contribution in [0.2, 0.25) is 0 Å². The summed E-state index contributed by atoms with van der Waals surface area (Å²) in [4.78, 5) is 0. The molecule has 1 aromatic carbocycles. The molecule has 0 spiro atoms. The van der Waals surface area contributed by atoms with Gasteiger partial charge in [-0.1, -0.05) is 22.0 Å². The summed E-state index contributed by atoms with van der Waals surface area (Å²) in [5.41, 5.74) is 0.888. The van der Waals surface area contributed by atoms with Gasteiger partial charge in [0.2, 0.25) is 0 Å². The van der Waals surface area contributed by atoms with Crippen molar-refractivity contribution in [1.82, 2.24) is 0 Å². The van der Waals surface area contributed by atoms with E-state index in [1.165, 1.54) is 0 Å². The molecule has 1 rings (SSSR count). The molecule has 0 N–H and O–H groups in total. The number of hydrogen-bond acceptors (Lipinski definition) is 1. The van der Waals surface area contributed by atoms with Crippen molar-refractivity contribution in [3.8, 4) is 5.75 Å². The monoisotopic (exact) mass is 314 g/mol. The minimum absolute atomic E-state index is 0.159. The van der Waals surface area contributed by atoms with E-state index in [1.807, 2.05) is 6.07 Å². The Morgan fingerprint density at radius 3 is 2.62 bits per heavy atom.